The van der Waals surface area contributed by atoms with Crippen molar-refractivity contribution in [2.45, 2.75) is 39.8 Å². The standard InChI is InChI=1S/C13H22N4O/c1-8-9(2)15-16-13(12(8)6-14)17-5-4-11(7-17)10(3)18/h10-11,18H,4-7,14H2,1-3H3. The summed E-state index contributed by atoms with van der Waals surface area (Å²) >= 11 is 0. The lowest BCUT2D eigenvalue weighted by Gasteiger charge is -2.22. The zero-order valence-corrected chi connectivity index (χ0v) is 11.3. The smallest absolute Gasteiger partial charge is 0.156 e. The van der Waals surface area contributed by atoms with E-state index in [0.29, 0.717) is 12.5 Å². The van der Waals surface area contributed by atoms with Crippen LogP contribution in [0, 0.1) is 19.8 Å². The third-order valence-electron chi connectivity index (χ3n) is 3.97. The number of hydrogen-bond donors (Lipinski definition) is 2. The Morgan fingerprint density at radius 3 is 2.72 bits per heavy atom. The van der Waals surface area contributed by atoms with Gasteiger partial charge < -0.3 is 15.7 Å². The average Bonchev–Trinajstić information content (AvgIpc) is 2.82. The Labute approximate surface area is 108 Å². The van der Waals surface area contributed by atoms with Gasteiger partial charge in [-0.1, -0.05) is 0 Å². The van der Waals surface area contributed by atoms with Gasteiger partial charge in [-0.15, -0.1) is 5.10 Å². The molecule has 3 N–H and O–H groups in total. The Bertz CT molecular complexity index is 433. The molecule has 0 aromatic carbocycles. The topological polar surface area (TPSA) is 75.3 Å². The van der Waals surface area contributed by atoms with Gasteiger partial charge in [0.2, 0.25) is 0 Å². The lowest BCUT2D eigenvalue weighted by atomic mass is 10.0. The van der Waals surface area contributed by atoms with Gasteiger partial charge in [0.25, 0.3) is 0 Å². The van der Waals surface area contributed by atoms with Crippen molar-refractivity contribution in [2.24, 2.45) is 11.7 Å². The summed E-state index contributed by atoms with van der Waals surface area (Å²) in [5, 5.41) is 18.1. The van der Waals surface area contributed by atoms with Gasteiger partial charge in [-0.3, -0.25) is 0 Å². The van der Waals surface area contributed by atoms with Crippen molar-refractivity contribution in [3.05, 3.63) is 16.8 Å². The van der Waals surface area contributed by atoms with Crippen molar-refractivity contribution in [1.29, 1.82) is 0 Å². The van der Waals surface area contributed by atoms with Crippen LogP contribution in [0.4, 0.5) is 5.82 Å². The average molecular weight is 250 g/mol. The van der Waals surface area contributed by atoms with E-state index in [-0.39, 0.29) is 6.10 Å². The molecular weight excluding hydrogens is 228 g/mol. The highest BCUT2D eigenvalue weighted by Gasteiger charge is 2.28. The first kappa shape index (κ1) is 13.2. The van der Waals surface area contributed by atoms with Crippen molar-refractivity contribution < 1.29 is 5.11 Å². The molecule has 1 aromatic heterocycles. The largest absolute Gasteiger partial charge is 0.393 e. The number of nitrogens with two attached hydrogens (primary N) is 1. The predicted molar refractivity (Wildman–Crippen MR) is 71.4 cm³/mol. The minimum absolute atomic E-state index is 0.268. The van der Waals surface area contributed by atoms with Crippen molar-refractivity contribution in [2.75, 3.05) is 18.0 Å². The summed E-state index contributed by atoms with van der Waals surface area (Å²) in [5.74, 6) is 1.21. The van der Waals surface area contributed by atoms with Gasteiger partial charge in [0.1, 0.15) is 0 Å². The molecule has 0 bridgehead atoms. The third kappa shape index (κ3) is 2.33. The molecule has 0 radical (unpaired) electrons. The first-order chi connectivity index (χ1) is 8.54. The van der Waals surface area contributed by atoms with Crippen molar-refractivity contribution >= 4 is 5.82 Å². The Balaban J connectivity index is 2.27. The Kier molecular flexibility index (Phi) is 3.82. The highest BCUT2D eigenvalue weighted by atomic mass is 16.3. The van der Waals surface area contributed by atoms with E-state index in [4.69, 9.17) is 5.73 Å². The molecule has 1 aliphatic rings. The number of aromatic nitrogens is 2. The van der Waals surface area contributed by atoms with Gasteiger partial charge in [-0.25, -0.2) is 0 Å². The molecule has 1 fully saturated rings. The second-order valence-electron chi connectivity index (χ2n) is 5.15. The highest BCUT2D eigenvalue weighted by molar-refractivity contribution is 5.51. The number of aliphatic hydroxyl groups excluding tert-OH is 1. The molecule has 1 aliphatic heterocycles. The van der Waals surface area contributed by atoms with E-state index in [9.17, 15) is 5.11 Å². The van der Waals surface area contributed by atoms with Gasteiger partial charge >= 0.3 is 0 Å². The number of anilines is 1. The number of aliphatic hydroxyl groups is 1. The summed E-state index contributed by atoms with van der Waals surface area (Å²) in [6.45, 7) is 8.07. The van der Waals surface area contributed by atoms with Crippen LogP contribution < -0.4 is 10.6 Å². The van der Waals surface area contributed by atoms with Crippen LogP contribution in [0.5, 0.6) is 0 Å². The second-order valence-corrected chi connectivity index (χ2v) is 5.15. The molecule has 2 rings (SSSR count). The molecule has 18 heavy (non-hydrogen) atoms. The molecule has 5 nitrogen and oxygen atoms in total. The molecular formula is C13H22N4O. The van der Waals surface area contributed by atoms with Crippen LogP contribution in [-0.2, 0) is 6.54 Å². The molecule has 0 aliphatic carbocycles. The summed E-state index contributed by atoms with van der Waals surface area (Å²) in [4.78, 5) is 2.19. The van der Waals surface area contributed by atoms with E-state index in [0.717, 1.165) is 42.1 Å². The van der Waals surface area contributed by atoms with Crippen LogP contribution in [0.3, 0.4) is 0 Å². The van der Waals surface area contributed by atoms with Gasteiger partial charge in [0, 0.05) is 31.1 Å². The number of aryl methyl sites for hydroxylation is 1. The fraction of sp³-hybridized carbons (Fsp3) is 0.692. The van der Waals surface area contributed by atoms with Crippen LogP contribution >= 0.6 is 0 Å². The monoisotopic (exact) mass is 250 g/mol. The first-order valence-electron chi connectivity index (χ1n) is 6.50. The summed E-state index contributed by atoms with van der Waals surface area (Å²) in [6.07, 6.45) is 0.729. The summed E-state index contributed by atoms with van der Waals surface area (Å²) in [7, 11) is 0. The van der Waals surface area contributed by atoms with Gasteiger partial charge in [-0.05, 0) is 32.8 Å². The lowest BCUT2D eigenvalue weighted by Crippen LogP contribution is -2.27. The fourth-order valence-electron chi connectivity index (χ4n) is 2.52. The van der Waals surface area contributed by atoms with E-state index < -0.39 is 0 Å². The molecule has 2 unspecified atom stereocenters. The minimum atomic E-state index is -0.268. The number of nitrogens with zero attached hydrogens (tertiary/aromatic N) is 3. The van der Waals surface area contributed by atoms with Crippen molar-refractivity contribution in [3.8, 4) is 0 Å². The van der Waals surface area contributed by atoms with Crippen LogP contribution in [0.1, 0.15) is 30.2 Å². The van der Waals surface area contributed by atoms with E-state index >= 15 is 0 Å². The van der Waals surface area contributed by atoms with Crippen LogP contribution in [0.2, 0.25) is 0 Å². The zero-order valence-electron chi connectivity index (χ0n) is 11.3. The summed E-state index contributed by atoms with van der Waals surface area (Å²) < 4.78 is 0. The summed E-state index contributed by atoms with van der Waals surface area (Å²) in [6, 6.07) is 0. The molecule has 0 spiro atoms. The van der Waals surface area contributed by atoms with Crippen molar-refractivity contribution in [1.82, 2.24) is 10.2 Å². The van der Waals surface area contributed by atoms with Crippen LogP contribution in [0.25, 0.3) is 0 Å². The number of rotatable bonds is 3. The predicted octanol–water partition coefficient (Wildman–Crippen LogP) is 0.759. The first-order valence-corrected chi connectivity index (χ1v) is 6.50. The van der Waals surface area contributed by atoms with E-state index in [1.165, 1.54) is 0 Å². The zero-order chi connectivity index (χ0) is 13.3. The maximum atomic E-state index is 9.65. The van der Waals surface area contributed by atoms with E-state index in [2.05, 4.69) is 15.1 Å². The summed E-state index contributed by atoms with van der Waals surface area (Å²) in [5.41, 5.74) is 8.98. The number of hydrogen-bond acceptors (Lipinski definition) is 5. The van der Waals surface area contributed by atoms with Crippen molar-refractivity contribution in [3.63, 3.8) is 0 Å². The fourth-order valence-corrected chi connectivity index (χ4v) is 2.52. The lowest BCUT2D eigenvalue weighted by molar-refractivity contribution is 0.136. The Morgan fingerprint density at radius 2 is 2.17 bits per heavy atom. The SMILES string of the molecule is Cc1nnc(N2CCC(C(C)O)C2)c(CN)c1C. The molecule has 0 saturated carbocycles. The van der Waals surface area contributed by atoms with E-state index in [1.54, 1.807) is 0 Å². The molecule has 5 heteroatoms. The van der Waals surface area contributed by atoms with Crippen LogP contribution in [-0.4, -0.2) is 34.5 Å². The quantitative estimate of drug-likeness (QED) is 0.828. The van der Waals surface area contributed by atoms with E-state index in [1.807, 2.05) is 20.8 Å². The van der Waals surface area contributed by atoms with Gasteiger partial charge in [-0.2, -0.15) is 5.10 Å². The minimum Gasteiger partial charge on any atom is -0.393 e. The Morgan fingerprint density at radius 1 is 1.44 bits per heavy atom. The maximum Gasteiger partial charge on any atom is 0.156 e. The third-order valence-corrected chi connectivity index (χ3v) is 3.97. The van der Waals surface area contributed by atoms with Gasteiger partial charge in [0.05, 0.1) is 11.8 Å². The molecule has 0 amide bonds. The molecule has 2 heterocycles. The van der Waals surface area contributed by atoms with Gasteiger partial charge in [0.15, 0.2) is 5.82 Å². The molecule has 100 valence electrons. The van der Waals surface area contributed by atoms with Crippen LogP contribution in [0.15, 0.2) is 0 Å². The molecule has 2 atom stereocenters. The normalized spacial score (nSPS) is 21.4. The molecule has 1 saturated heterocycles. The maximum absolute atomic E-state index is 9.65. The second kappa shape index (κ2) is 5.20. The highest BCUT2D eigenvalue weighted by Crippen LogP contribution is 2.28. The molecule has 1 aromatic rings. The Hall–Kier alpha value is -1.20.